The van der Waals surface area contributed by atoms with Gasteiger partial charge in [0.2, 0.25) is 5.78 Å². The molecule has 1 aliphatic rings. The number of thiophene rings is 1. The summed E-state index contributed by atoms with van der Waals surface area (Å²) in [6, 6.07) is 19.4. The van der Waals surface area contributed by atoms with E-state index in [-0.39, 0.29) is 5.78 Å². The van der Waals surface area contributed by atoms with Gasteiger partial charge in [-0.1, -0.05) is 60.7 Å². The van der Waals surface area contributed by atoms with Gasteiger partial charge in [0.15, 0.2) is 5.82 Å². The summed E-state index contributed by atoms with van der Waals surface area (Å²) in [7, 11) is 0. The Kier molecular flexibility index (Phi) is 5.02. The van der Waals surface area contributed by atoms with Crippen molar-refractivity contribution in [3.05, 3.63) is 76.7 Å². The summed E-state index contributed by atoms with van der Waals surface area (Å²) in [5, 5.41) is 0.973. The topological polar surface area (TPSA) is 55.3 Å². The maximum Gasteiger partial charge on any atom is 0.203 e. The second-order valence-electron chi connectivity index (χ2n) is 7.27. The average molecular weight is 416 g/mol. The molecule has 0 bridgehead atoms. The monoisotopic (exact) mass is 415 g/mol. The zero-order valence-corrected chi connectivity index (χ0v) is 17.5. The van der Waals surface area contributed by atoms with Crippen molar-refractivity contribution >= 4 is 33.2 Å². The molecule has 0 radical (unpaired) electrons. The normalized spacial score (nSPS) is 14.2. The van der Waals surface area contributed by atoms with Gasteiger partial charge in [0.1, 0.15) is 10.6 Å². The standard InChI is InChI=1S/C24H21N3O2S/c1-16-19-23(27-12-14-29-15-13-27)25-22(18-10-6-3-7-11-18)26-24(19)30-21(16)20(28)17-8-4-2-5-9-17/h2-11H,12-15H2,1H3. The van der Waals surface area contributed by atoms with Crippen LogP contribution in [-0.2, 0) is 4.74 Å². The van der Waals surface area contributed by atoms with Crippen LogP contribution in [0, 0.1) is 6.92 Å². The third kappa shape index (κ3) is 3.38. The van der Waals surface area contributed by atoms with Gasteiger partial charge < -0.3 is 9.64 Å². The summed E-state index contributed by atoms with van der Waals surface area (Å²) in [5.41, 5.74) is 2.61. The van der Waals surface area contributed by atoms with Crippen molar-refractivity contribution in [3.63, 3.8) is 0 Å². The first-order valence-electron chi connectivity index (χ1n) is 10.0. The van der Waals surface area contributed by atoms with Gasteiger partial charge >= 0.3 is 0 Å². The molecule has 0 saturated carbocycles. The van der Waals surface area contributed by atoms with Gasteiger partial charge in [0, 0.05) is 24.2 Å². The molecule has 3 heterocycles. The van der Waals surface area contributed by atoms with Crippen LogP contribution in [0.2, 0.25) is 0 Å². The first-order valence-corrected chi connectivity index (χ1v) is 10.8. The summed E-state index contributed by atoms with van der Waals surface area (Å²) >= 11 is 1.46. The largest absolute Gasteiger partial charge is 0.378 e. The van der Waals surface area contributed by atoms with Crippen molar-refractivity contribution in [2.45, 2.75) is 6.92 Å². The van der Waals surface area contributed by atoms with Crippen molar-refractivity contribution < 1.29 is 9.53 Å². The van der Waals surface area contributed by atoms with Crippen LogP contribution in [0.3, 0.4) is 0 Å². The number of morpholine rings is 1. The maximum atomic E-state index is 13.2. The molecule has 5 rings (SSSR count). The number of aromatic nitrogens is 2. The average Bonchev–Trinajstić information content (AvgIpc) is 3.16. The van der Waals surface area contributed by atoms with Crippen LogP contribution in [0.15, 0.2) is 60.7 Å². The minimum Gasteiger partial charge on any atom is -0.378 e. The van der Waals surface area contributed by atoms with E-state index in [1.807, 2.05) is 67.6 Å². The van der Waals surface area contributed by atoms with E-state index in [1.165, 1.54) is 11.3 Å². The highest BCUT2D eigenvalue weighted by molar-refractivity contribution is 7.21. The Hall–Kier alpha value is -3.09. The summed E-state index contributed by atoms with van der Waals surface area (Å²) in [4.78, 5) is 26.8. The molecular formula is C24H21N3O2S. The van der Waals surface area contributed by atoms with Crippen molar-refractivity contribution in [2.24, 2.45) is 0 Å². The second kappa shape index (κ2) is 7.97. The number of rotatable bonds is 4. The molecule has 150 valence electrons. The number of nitrogens with zero attached hydrogens (tertiary/aromatic N) is 3. The fourth-order valence-corrected chi connectivity index (χ4v) is 4.91. The lowest BCUT2D eigenvalue weighted by Gasteiger charge is -2.28. The van der Waals surface area contributed by atoms with Crippen LogP contribution in [0.25, 0.3) is 21.6 Å². The maximum absolute atomic E-state index is 13.2. The molecule has 1 saturated heterocycles. The number of benzene rings is 2. The van der Waals surface area contributed by atoms with E-state index in [0.717, 1.165) is 45.1 Å². The highest BCUT2D eigenvalue weighted by atomic mass is 32.1. The van der Waals surface area contributed by atoms with E-state index in [2.05, 4.69) is 4.90 Å². The zero-order valence-electron chi connectivity index (χ0n) is 16.7. The minimum absolute atomic E-state index is 0.0327. The molecule has 0 unspecified atom stereocenters. The zero-order chi connectivity index (χ0) is 20.5. The molecule has 6 heteroatoms. The quantitative estimate of drug-likeness (QED) is 0.451. The first kappa shape index (κ1) is 18.9. The van der Waals surface area contributed by atoms with Crippen LogP contribution in [0.4, 0.5) is 5.82 Å². The molecule has 0 spiro atoms. The number of carbonyl (C=O) groups excluding carboxylic acids is 1. The van der Waals surface area contributed by atoms with Crippen LogP contribution < -0.4 is 4.90 Å². The number of aryl methyl sites for hydroxylation is 1. The molecule has 5 nitrogen and oxygen atoms in total. The van der Waals surface area contributed by atoms with Crippen LogP contribution >= 0.6 is 11.3 Å². The first-order chi connectivity index (χ1) is 14.7. The lowest BCUT2D eigenvalue weighted by Crippen LogP contribution is -2.37. The van der Waals surface area contributed by atoms with E-state index in [9.17, 15) is 4.79 Å². The lowest BCUT2D eigenvalue weighted by atomic mass is 10.1. The van der Waals surface area contributed by atoms with Gasteiger partial charge in [0.25, 0.3) is 0 Å². The Morgan fingerprint density at radius 1 is 0.967 bits per heavy atom. The number of hydrogen-bond acceptors (Lipinski definition) is 6. The molecule has 4 aromatic rings. The fourth-order valence-electron chi connectivity index (χ4n) is 3.78. The fraction of sp³-hybridized carbons (Fsp3) is 0.208. The minimum atomic E-state index is 0.0327. The Morgan fingerprint density at radius 2 is 1.63 bits per heavy atom. The van der Waals surface area contributed by atoms with Gasteiger partial charge in [-0.05, 0) is 12.5 Å². The Bertz CT molecular complexity index is 1200. The van der Waals surface area contributed by atoms with Crippen LogP contribution in [-0.4, -0.2) is 42.1 Å². The van der Waals surface area contributed by atoms with Gasteiger partial charge in [-0.25, -0.2) is 9.97 Å². The van der Waals surface area contributed by atoms with E-state index in [1.54, 1.807) is 0 Å². The van der Waals surface area contributed by atoms with Crippen molar-refractivity contribution in [3.8, 4) is 11.4 Å². The van der Waals surface area contributed by atoms with Crippen molar-refractivity contribution in [1.29, 1.82) is 0 Å². The summed E-state index contributed by atoms with van der Waals surface area (Å²) in [6.07, 6.45) is 0. The molecule has 0 atom stereocenters. The third-order valence-electron chi connectivity index (χ3n) is 5.36. The third-order valence-corrected chi connectivity index (χ3v) is 6.54. The second-order valence-corrected chi connectivity index (χ2v) is 8.27. The molecular weight excluding hydrogens is 394 g/mol. The van der Waals surface area contributed by atoms with Gasteiger partial charge in [-0.3, -0.25) is 4.79 Å². The van der Waals surface area contributed by atoms with E-state index >= 15 is 0 Å². The SMILES string of the molecule is Cc1c(C(=O)c2ccccc2)sc2nc(-c3ccccc3)nc(N3CCOCC3)c12. The van der Waals surface area contributed by atoms with Gasteiger partial charge in [-0.15, -0.1) is 11.3 Å². The predicted molar refractivity (Wildman–Crippen MR) is 120 cm³/mol. The molecule has 2 aromatic heterocycles. The number of ketones is 1. The summed E-state index contributed by atoms with van der Waals surface area (Å²) in [6.45, 7) is 4.90. The van der Waals surface area contributed by atoms with E-state index in [0.29, 0.717) is 24.6 Å². The van der Waals surface area contributed by atoms with E-state index in [4.69, 9.17) is 14.7 Å². The van der Waals surface area contributed by atoms with Crippen molar-refractivity contribution in [1.82, 2.24) is 9.97 Å². The molecule has 0 amide bonds. The number of carbonyl (C=O) groups is 1. The summed E-state index contributed by atoms with van der Waals surface area (Å²) in [5.74, 6) is 1.61. The number of hydrogen-bond donors (Lipinski definition) is 0. The van der Waals surface area contributed by atoms with Gasteiger partial charge in [0.05, 0.1) is 23.5 Å². The van der Waals surface area contributed by atoms with Crippen LogP contribution in [0.1, 0.15) is 20.8 Å². The predicted octanol–water partition coefficient (Wildman–Crippen LogP) is 4.73. The number of ether oxygens (including phenoxy) is 1. The van der Waals surface area contributed by atoms with Gasteiger partial charge in [-0.2, -0.15) is 0 Å². The molecule has 0 N–H and O–H groups in total. The molecule has 1 aliphatic heterocycles. The van der Waals surface area contributed by atoms with Crippen molar-refractivity contribution in [2.75, 3.05) is 31.2 Å². The number of anilines is 1. The highest BCUT2D eigenvalue weighted by Crippen LogP contribution is 2.38. The summed E-state index contributed by atoms with van der Waals surface area (Å²) < 4.78 is 5.54. The molecule has 1 fully saturated rings. The molecule has 2 aromatic carbocycles. The molecule has 0 aliphatic carbocycles. The highest BCUT2D eigenvalue weighted by Gasteiger charge is 2.25. The smallest absolute Gasteiger partial charge is 0.203 e. The lowest BCUT2D eigenvalue weighted by molar-refractivity contribution is 0.104. The van der Waals surface area contributed by atoms with E-state index < -0.39 is 0 Å². The number of fused-ring (bicyclic) bond motifs is 1. The Balaban J connectivity index is 1.70. The molecule has 30 heavy (non-hydrogen) atoms. The van der Waals surface area contributed by atoms with Crippen LogP contribution in [0.5, 0.6) is 0 Å². The Labute approximate surface area is 179 Å². The Morgan fingerprint density at radius 3 is 2.33 bits per heavy atom.